The van der Waals surface area contributed by atoms with Crippen molar-refractivity contribution in [2.45, 2.75) is 27.1 Å². The third-order valence-electron chi connectivity index (χ3n) is 3.94. The van der Waals surface area contributed by atoms with Crippen LogP contribution in [0.4, 0.5) is 10.1 Å². The number of benzene rings is 1. The van der Waals surface area contributed by atoms with Gasteiger partial charge < -0.3 is 15.2 Å². The summed E-state index contributed by atoms with van der Waals surface area (Å²) in [6.45, 7) is 3.19. The molecule has 1 aromatic carbocycles. The monoisotopic (exact) mass is 387 g/mol. The molecule has 146 valence electrons. The fourth-order valence-electron chi connectivity index (χ4n) is 2.58. The largest absolute Gasteiger partial charge is 0.480 e. The number of aryl methyl sites for hydroxylation is 1. The number of carboxylic acid groups (broad SMARTS) is 1. The van der Waals surface area contributed by atoms with Gasteiger partial charge in [-0.15, -0.1) is 0 Å². The van der Waals surface area contributed by atoms with E-state index >= 15 is 0 Å². The van der Waals surface area contributed by atoms with Gasteiger partial charge in [-0.2, -0.15) is 10.2 Å². The van der Waals surface area contributed by atoms with Crippen molar-refractivity contribution in [2.75, 3.05) is 5.32 Å². The molecule has 0 bridgehead atoms. The number of amides is 1. The highest BCUT2D eigenvalue weighted by molar-refractivity contribution is 6.03. The molecule has 3 rings (SSSR count). The molecule has 2 heterocycles. The highest BCUT2D eigenvalue weighted by Crippen LogP contribution is 2.21. The number of carbonyl (C=O) groups is 2. The molecule has 9 nitrogen and oxygen atoms in total. The molecule has 0 aliphatic heterocycles. The molecule has 0 aliphatic rings. The number of carboxylic acids is 1. The molecule has 1 amide bonds. The maximum atomic E-state index is 13.2. The Morgan fingerprint density at radius 1 is 1.25 bits per heavy atom. The van der Waals surface area contributed by atoms with E-state index in [9.17, 15) is 14.0 Å². The summed E-state index contributed by atoms with van der Waals surface area (Å²) in [6, 6.07) is 7.19. The number of carbonyl (C=O) groups excluding carboxylic acids is 1. The van der Waals surface area contributed by atoms with E-state index in [0.717, 1.165) is 4.68 Å². The van der Waals surface area contributed by atoms with Crippen molar-refractivity contribution in [1.29, 1.82) is 0 Å². The van der Waals surface area contributed by atoms with Crippen LogP contribution in [0.25, 0.3) is 0 Å². The zero-order chi connectivity index (χ0) is 20.3. The Labute approximate surface area is 159 Å². The summed E-state index contributed by atoms with van der Waals surface area (Å²) in [5.41, 5.74) is 1.80. The predicted molar refractivity (Wildman–Crippen MR) is 96.5 cm³/mol. The number of aromatic nitrogens is 4. The standard InChI is InChI=1S/C18H18FN5O4/c1-11-17(20-18(27)15-6-7-23(22-15)9-16(25)26)12(2)24(21-11)10-28-14-5-3-4-13(19)8-14/h3-8H,9-10H2,1-2H3,(H,20,27)(H,25,26). The molecular formula is C18H18FN5O4. The van der Waals surface area contributed by atoms with Crippen LogP contribution in [-0.2, 0) is 18.1 Å². The molecule has 0 spiro atoms. The molecule has 0 aliphatic carbocycles. The second-order valence-corrected chi connectivity index (χ2v) is 6.02. The van der Waals surface area contributed by atoms with Crippen LogP contribution >= 0.6 is 0 Å². The number of hydrogen-bond acceptors (Lipinski definition) is 5. The van der Waals surface area contributed by atoms with E-state index in [1.807, 2.05) is 0 Å². The molecule has 0 fully saturated rings. The van der Waals surface area contributed by atoms with Crippen LogP contribution in [0.2, 0.25) is 0 Å². The lowest BCUT2D eigenvalue weighted by Crippen LogP contribution is -2.16. The zero-order valence-electron chi connectivity index (χ0n) is 15.2. The lowest BCUT2D eigenvalue weighted by Gasteiger charge is -2.08. The summed E-state index contributed by atoms with van der Waals surface area (Å²) >= 11 is 0. The normalized spacial score (nSPS) is 10.7. The Morgan fingerprint density at radius 2 is 2.04 bits per heavy atom. The number of hydrogen-bond donors (Lipinski definition) is 2. The lowest BCUT2D eigenvalue weighted by molar-refractivity contribution is -0.137. The van der Waals surface area contributed by atoms with Crippen molar-refractivity contribution >= 4 is 17.6 Å². The summed E-state index contributed by atoms with van der Waals surface area (Å²) in [5.74, 6) is -1.58. The topological polar surface area (TPSA) is 111 Å². The first kappa shape index (κ1) is 19.1. The first-order valence-electron chi connectivity index (χ1n) is 8.32. The average molecular weight is 387 g/mol. The van der Waals surface area contributed by atoms with Gasteiger partial charge in [-0.05, 0) is 32.0 Å². The minimum atomic E-state index is -1.05. The fourth-order valence-corrected chi connectivity index (χ4v) is 2.58. The summed E-state index contributed by atoms with van der Waals surface area (Å²) in [5, 5.41) is 19.7. The Bertz CT molecular complexity index is 1030. The van der Waals surface area contributed by atoms with Crippen molar-refractivity contribution in [2.24, 2.45) is 0 Å². The van der Waals surface area contributed by atoms with Gasteiger partial charge in [0.05, 0.1) is 17.1 Å². The van der Waals surface area contributed by atoms with Gasteiger partial charge in [0.1, 0.15) is 18.1 Å². The van der Waals surface area contributed by atoms with Crippen molar-refractivity contribution in [3.05, 3.63) is 59.4 Å². The van der Waals surface area contributed by atoms with Gasteiger partial charge in [0, 0.05) is 12.3 Å². The van der Waals surface area contributed by atoms with E-state index in [2.05, 4.69) is 15.5 Å². The summed E-state index contributed by atoms with van der Waals surface area (Å²) in [6.07, 6.45) is 1.42. The van der Waals surface area contributed by atoms with Crippen molar-refractivity contribution in [3.8, 4) is 5.75 Å². The van der Waals surface area contributed by atoms with Crippen LogP contribution in [0.5, 0.6) is 5.75 Å². The second kappa shape index (κ2) is 7.91. The van der Waals surface area contributed by atoms with Gasteiger partial charge in [-0.1, -0.05) is 6.07 Å². The van der Waals surface area contributed by atoms with E-state index in [1.165, 1.54) is 24.4 Å². The molecule has 0 radical (unpaired) electrons. The van der Waals surface area contributed by atoms with Crippen molar-refractivity contribution in [3.63, 3.8) is 0 Å². The highest BCUT2D eigenvalue weighted by atomic mass is 19.1. The number of anilines is 1. The summed E-state index contributed by atoms with van der Waals surface area (Å²) in [7, 11) is 0. The molecule has 2 N–H and O–H groups in total. The number of aliphatic carboxylic acids is 1. The second-order valence-electron chi connectivity index (χ2n) is 6.02. The Balaban J connectivity index is 1.70. The average Bonchev–Trinajstić information content (AvgIpc) is 3.19. The third kappa shape index (κ3) is 4.34. The van der Waals surface area contributed by atoms with Gasteiger partial charge >= 0.3 is 5.97 Å². The maximum Gasteiger partial charge on any atom is 0.325 e. The summed E-state index contributed by atoms with van der Waals surface area (Å²) < 4.78 is 21.5. The van der Waals surface area contributed by atoms with E-state index in [0.29, 0.717) is 22.8 Å². The minimum Gasteiger partial charge on any atom is -0.480 e. The van der Waals surface area contributed by atoms with Gasteiger partial charge in [0.15, 0.2) is 12.4 Å². The van der Waals surface area contributed by atoms with Crippen LogP contribution in [0.15, 0.2) is 36.5 Å². The number of ether oxygens (including phenoxy) is 1. The SMILES string of the molecule is Cc1nn(COc2cccc(F)c2)c(C)c1NC(=O)c1ccn(CC(=O)O)n1. The Morgan fingerprint density at radius 3 is 2.75 bits per heavy atom. The first-order chi connectivity index (χ1) is 13.3. The smallest absolute Gasteiger partial charge is 0.325 e. The molecule has 2 aromatic heterocycles. The molecule has 28 heavy (non-hydrogen) atoms. The molecule has 0 atom stereocenters. The maximum absolute atomic E-state index is 13.2. The minimum absolute atomic E-state index is 0.0409. The Kier molecular flexibility index (Phi) is 5.39. The van der Waals surface area contributed by atoms with Gasteiger partial charge in [-0.3, -0.25) is 14.3 Å². The first-order valence-corrected chi connectivity index (χ1v) is 8.32. The lowest BCUT2D eigenvalue weighted by atomic mass is 10.3. The van der Waals surface area contributed by atoms with E-state index in [4.69, 9.17) is 9.84 Å². The van der Waals surface area contributed by atoms with E-state index < -0.39 is 17.7 Å². The van der Waals surface area contributed by atoms with Gasteiger partial charge in [-0.25, -0.2) is 9.07 Å². The van der Waals surface area contributed by atoms with Crippen molar-refractivity contribution in [1.82, 2.24) is 19.6 Å². The third-order valence-corrected chi connectivity index (χ3v) is 3.94. The molecule has 0 saturated carbocycles. The highest BCUT2D eigenvalue weighted by Gasteiger charge is 2.17. The van der Waals surface area contributed by atoms with E-state index in [-0.39, 0.29) is 19.0 Å². The van der Waals surface area contributed by atoms with Crippen LogP contribution in [0.3, 0.4) is 0 Å². The Hall–Kier alpha value is -3.69. The molecule has 10 heteroatoms. The van der Waals surface area contributed by atoms with Crippen LogP contribution in [-0.4, -0.2) is 36.5 Å². The van der Waals surface area contributed by atoms with Crippen molar-refractivity contribution < 1.29 is 23.8 Å². The predicted octanol–water partition coefficient (Wildman–Crippen LogP) is 2.21. The summed E-state index contributed by atoms with van der Waals surface area (Å²) in [4.78, 5) is 23.1. The quantitative estimate of drug-likeness (QED) is 0.643. The number of nitrogens with one attached hydrogen (secondary N) is 1. The molecular weight excluding hydrogens is 369 g/mol. The van der Waals surface area contributed by atoms with Gasteiger partial charge in [0.25, 0.3) is 5.91 Å². The van der Waals surface area contributed by atoms with E-state index in [1.54, 1.807) is 30.7 Å². The van der Waals surface area contributed by atoms with Gasteiger partial charge in [0.2, 0.25) is 0 Å². The zero-order valence-corrected chi connectivity index (χ0v) is 15.2. The number of rotatable bonds is 7. The van der Waals surface area contributed by atoms with Crippen LogP contribution < -0.4 is 10.1 Å². The fraction of sp³-hybridized carbons (Fsp3) is 0.222. The molecule has 0 unspecified atom stereocenters. The van der Waals surface area contributed by atoms with Crippen LogP contribution in [0, 0.1) is 19.7 Å². The molecule has 3 aromatic rings. The number of nitrogens with zero attached hydrogens (tertiary/aromatic N) is 4. The number of halogens is 1. The molecule has 0 saturated heterocycles. The van der Waals surface area contributed by atoms with Crippen LogP contribution in [0.1, 0.15) is 21.9 Å².